The highest BCUT2D eigenvalue weighted by molar-refractivity contribution is 6.73. The standard InChI is InChI=1S/C5H3BF4N/c7-5-2-1-4(3-11-5)6(8,9)10/h1-3H/q-1. The van der Waals surface area contributed by atoms with Crippen LogP contribution in [0.2, 0.25) is 0 Å². The lowest BCUT2D eigenvalue weighted by atomic mass is 9.82. The second kappa shape index (κ2) is 2.52. The van der Waals surface area contributed by atoms with Crippen molar-refractivity contribution in [1.82, 2.24) is 4.98 Å². The number of nitrogens with zero attached hydrogens (tertiary/aromatic N) is 1. The molecular weight excluding hydrogens is 161 g/mol. The summed E-state index contributed by atoms with van der Waals surface area (Å²) >= 11 is 0. The van der Waals surface area contributed by atoms with Gasteiger partial charge in [-0.1, -0.05) is 11.5 Å². The van der Waals surface area contributed by atoms with Crippen LogP contribution in [0.15, 0.2) is 18.3 Å². The Labute approximate surface area is 60.1 Å². The number of rotatable bonds is 1. The van der Waals surface area contributed by atoms with Gasteiger partial charge in [-0.2, -0.15) is 4.39 Å². The highest BCUT2D eigenvalue weighted by atomic mass is 19.4. The van der Waals surface area contributed by atoms with Gasteiger partial charge in [0.1, 0.15) is 0 Å². The minimum absolute atomic E-state index is 0.481. The van der Waals surface area contributed by atoms with Gasteiger partial charge in [0.05, 0.1) is 0 Å². The monoisotopic (exact) mass is 164 g/mol. The van der Waals surface area contributed by atoms with Crippen LogP contribution >= 0.6 is 0 Å². The van der Waals surface area contributed by atoms with Crippen molar-refractivity contribution < 1.29 is 17.3 Å². The minimum atomic E-state index is -5.05. The second-order valence-electron chi connectivity index (χ2n) is 1.99. The first-order chi connectivity index (χ1) is 5.00. The summed E-state index contributed by atoms with van der Waals surface area (Å²) in [5, 5.41) is 0. The predicted molar refractivity (Wildman–Crippen MR) is 32.9 cm³/mol. The zero-order chi connectivity index (χ0) is 8.48. The minimum Gasteiger partial charge on any atom is -0.445 e. The molecular formula is C5H3BF4N-. The molecule has 0 aliphatic heterocycles. The van der Waals surface area contributed by atoms with Gasteiger partial charge in [0, 0.05) is 6.20 Å². The molecule has 1 aromatic rings. The fourth-order valence-electron chi connectivity index (χ4n) is 0.581. The van der Waals surface area contributed by atoms with Gasteiger partial charge in [0.25, 0.3) is 0 Å². The fraction of sp³-hybridized carbons (Fsp3) is 0. The third-order valence-electron chi connectivity index (χ3n) is 1.13. The Morgan fingerprint density at radius 2 is 1.82 bits per heavy atom. The lowest BCUT2D eigenvalue weighted by Gasteiger charge is -2.12. The highest BCUT2D eigenvalue weighted by Crippen LogP contribution is 2.07. The van der Waals surface area contributed by atoms with Crippen LogP contribution in [0.25, 0.3) is 0 Å². The van der Waals surface area contributed by atoms with E-state index in [2.05, 4.69) is 4.98 Å². The van der Waals surface area contributed by atoms with Crippen LogP contribution in [0.1, 0.15) is 0 Å². The first-order valence-corrected chi connectivity index (χ1v) is 2.81. The van der Waals surface area contributed by atoms with E-state index in [1.807, 2.05) is 0 Å². The fourth-order valence-corrected chi connectivity index (χ4v) is 0.581. The summed E-state index contributed by atoms with van der Waals surface area (Å²) in [6, 6.07) is 1.35. The van der Waals surface area contributed by atoms with Gasteiger partial charge in [-0.05, 0) is 6.07 Å². The first kappa shape index (κ1) is 8.04. The number of hydrogen-bond donors (Lipinski definition) is 0. The number of aromatic nitrogens is 1. The summed E-state index contributed by atoms with van der Waals surface area (Å²) in [6.45, 7) is -5.05. The maximum Gasteiger partial charge on any atom is 0.511 e. The van der Waals surface area contributed by atoms with Crippen LogP contribution < -0.4 is 5.46 Å². The van der Waals surface area contributed by atoms with Crippen molar-refractivity contribution in [1.29, 1.82) is 0 Å². The summed E-state index contributed by atoms with van der Waals surface area (Å²) in [5.41, 5.74) is -0.883. The van der Waals surface area contributed by atoms with Gasteiger partial charge in [-0.3, -0.25) is 0 Å². The van der Waals surface area contributed by atoms with E-state index in [-0.39, 0.29) is 0 Å². The van der Waals surface area contributed by atoms with Crippen LogP contribution in [0.3, 0.4) is 0 Å². The molecule has 0 bridgehead atoms. The summed E-state index contributed by atoms with van der Waals surface area (Å²) in [6.07, 6.45) is 0.481. The maximum atomic E-state index is 12.0. The van der Waals surface area contributed by atoms with E-state index >= 15 is 0 Å². The molecule has 1 nitrogen and oxygen atoms in total. The van der Waals surface area contributed by atoms with Gasteiger partial charge in [-0.25, -0.2) is 4.98 Å². The molecule has 0 atom stereocenters. The van der Waals surface area contributed by atoms with Crippen LogP contribution in [0, 0.1) is 5.95 Å². The third kappa shape index (κ3) is 1.93. The molecule has 0 radical (unpaired) electrons. The Hall–Kier alpha value is -1.07. The molecule has 1 rings (SSSR count). The van der Waals surface area contributed by atoms with E-state index in [1.54, 1.807) is 0 Å². The van der Waals surface area contributed by atoms with Crippen LogP contribution in [0.5, 0.6) is 0 Å². The summed E-state index contributed by atoms with van der Waals surface area (Å²) in [7, 11) is 0. The van der Waals surface area contributed by atoms with E-state index in [4.69, 9.17) is 0 Å². The van der Waals surface area contributed by atoms with Crippen molar-refractivity contribution in [2.75, 3.05) is 0 Å². The van der Waals surface area contributed by atoms with Gasteiger partial charge in [0.15, 0.2) is 0 Å². The number of hydrogen-bond acceptors (Lipinski definition) is 1. The molecule has 0 aliphatic rings. The Morgan fingerprint density at radius 1 is 1.18 bits per heavy atom. The average molecular weight is 164 g/mol. The van der Waals surface area contributed by atoms with Crippen molar-refractivity contribution in [3.05, 3.63) is 24.3 Å². The normalized spacial score (nSPS) is 11.6. The molecule has 0 amide bonds. The molecule has 11 heavy (non-hydrogen) atoms. The topological polar surface area (TPSA) is 12.9 Å². The van der Waals surface area contributed by atoms with Crippen molar-refractivity contribution in [3.8, 4) is 0 Å². The Kier molecular flexibility index (Phi) is 1.84. The maximum absolute atomic E-state index is 12.0. The van der Waals surface area contributed by atoms with Crippen LogP contribution in [0.4, 0.5) is 17.3 Å². The molecule has 60 valence electrons. The summed E-state index contributed by atoms with van der Waals surface area (Å²) in [4.78, 5) is 2.87. The molecule has 0 aromatic carbocycles. The van der Waals surface area contributed by atoms with Gasteiger partial charge >= 0.3 is 6.98 Å². The van der Waals surface area contributed by atoms with Crippen molar-refractivity contribution in [3.63, 3.8) is 0 Å². The van der Waals surface area contributed by atoms with E-state index in [1.165, 1.54) is 0 Å². The largest absolute Gasteiger partial charge is 0.511 e. The highest BCUT2D eigenvalue weighted by Gasteiger charge is 2.25. The molecule has 1 aromatic heterocycles. The molecule has 0 aliphatic carbocycles. The second-order valence-corrected chi connectivity index (χ2v) is 1.99. The van der Waals surface area contributed by atoms with Gasteiger partial charge in [-0.15, -0.1) is 0 Å². The molecule has 6 heteroatoms. The Balaban J connectivity index is 2.99. The molecule has 0 N–H and O–H groups in total. The molecule has 1 heterocycles. The smallest absolute Gasteiger partial charge is 0.445 e. The molecule has 0 saturated heterocycles. The van der Waals surface area contributed by atoms with Gasteiger partial charge < -0.3 is 12.9 Å². The molecule has 0 saturated carbocycles. The summed E-state index contributed by atoms with van der Waals surface area (Å²) < 4.78 is 47.5. The van der Waals surface area contributed by atoms with Crippen molar-refractivity contribution in [2.24, 2.45) is 0 Å². The SMILES string of the molecule is Fc1ccc([B-](F)(F)F)cn1. The number of pyridine rings is 1. The molecule has 0 unspecified atom stereocenters. The van der Waals surface area contributed by atoms with E-state index in [0.29, 0.717) is 18.3 Å². The Bertz CT molecular complexity index is 242. The average Bonchev–Trinajstić information content (AvgIpc) is 1.86. The van der Waals surface area contributed by atoms with Gasteiger partial charge in [0.2, 0.25) is 5.95 Å². The first-order valence-electron chi connectivity index (χ1n) is 2.81. The number of halogens is 4. The molecule has 0 fully saturated rings. The lowest BCUT2D eigenvalue weighted by Crippen LogP contribution is -2.34. The third-order valence-corrected chi connectivity index (χ3v) is 1.13. The quantitative estimate of drug-likeness (QED) is 0.346. The Morgan fingerprint density at radius 3 is 2.18 bits per heavy atom. The van der Waals surface area contributed by atoms with Crippen LogP contribution in [-0.2, 0) is 0 Å². The van der Waals surface area contributed by atoms with E-state index in [0.717, 1.165) is 0 Å². The lowest BCUT2D eigenvalue weighted by molar-refractivity contribution is 0.500. The zero-order valence-electron chi connectivity index (χ0n) is 5.27. The molecule has 0 spiro atoms. The zero-order valence-corrected chi connectivity index (χ0v) is 5.27. The van der Waals surface area contributed by atoms with E-state index < -0.39 is 18.4 Å². The van der Waals surface area contributed by atoms with Crippen molar-refractivity contribution in [2.45, 2.75) is 0 Å². The van der Waals surface area contributed by atoms with E-state index in [9.17, 15) is 17.3 Å². The summed E-state index contributed by atoms with van der Waals surface area (Å²) in [5.74, 6) is -0.909. The predicted octanol–water partition coefficient (Wildman–Crippen LogP) is 1.28. The van der Waals surface area contributed by atoms with Crippen molar-refractivity contribution >= 4 is 12.4 Å². The van der Waals surface area contributed by atoms with Crippen LogP contribution in [-0.4, -0.2) is 12.0 Å².